The second kappa shape index (κ2) is 7.80. The number of carbonyl (C=O) groups excluding carboxylic acids is 3. The van der Waals surface area contributed by atoms with Crippen LogP contribution in [0.5, 0.6) is 11.5 Å². The lowest BCUT2D eigenvalue weighted by molar-refractivity contribution is -0.125. The molecule has 36 heavy (non-hydrogen) atoms. The highest BCUT2D eigenvalue weighted by molar-refractivity contribution is 6.08. The molecule has 4 aromatic rings. The first kappa shape index (κ1) is 21.6. The third-order valence-corrected chi connectivity index (χ3v) is 6.41. The van der Waals surface area contributed by atoms with E-state index in [0.29, 0.717) is 33.5 Å². The van der Waals surface area contributed by atoms with E-state index in [9.17, 15) is 19.5 Å². The second-order valence-electron chi connectivity index (χ2n) is 8.65. The van der Waals surface area contributed by atoms with Gasteiger partial charge in [0, 0.05) is 29.3 Å². The fourth-order valence-electron chi connectivity index (χ4n) is 4.62. The number of ether oxygens (including phenoxy) is 1. The number of imide groups is 1. The Morgan fingerprint density at radius 2 is 2.00 bits per heavy atom. The van der Waals surface area contributed by atoms with Crippen LogP contribution < -0.4 is 15.4 Å². The first-order chi connectivity index (χ1) is 17.4. The van der Waals surface area contributed by atoms with Crippen LogP contribution in [0.1, 0.15) is 21.7 Å². The topological polar surface area (TPSA) is 147 Å². The minimum absolute atomic E-state index is 0.000434. The van der Waals surface area contributed by atoms with Crippen LogP contribution in [-0.2, 0) is 16.9 Å². The summed E-state index contributed by atoms with van der Waals surface area (Å²) >= 11 is 0. The van der Waals surface area contributed by atoms with E-state index >= 15 is 0 Å². The molecule has 0 unspecified atom stereocenters. The Morgan fingerprint density at radius 3 is 2.75 bits per heavy atom. The van der Waals surface area contributed by atoms with Gasteiger partial charge in [-0.25, -0.2) is 4.79 Å². The summed E-state index contributed by atoms with van der Waals surface area (Å²) in [5, 5.41) is 15.3. The molecular formula is C25H19N5O6. The summed E-state index contributed by atoms with van der Waals surface area (Å²) in [6.45, 7) is 0.122. The minimum atomic E-state index is -1.63. The van der Waals surface area contributed by atoms with Crippen molar-refractivity contribution in [1.29, 1.82) is 0 Å². The molecular weight excluding hydrogens is 466 g/mol. The van der Waals surface area contributed by atoms with Crippen molar-refractivity contribution in [1.82, 2.24) is 25.5 Å². The van der Waals surface area contributed by atoms with Crippen LogP contribution in [0.25, 0.3) is 22.2 Å². The van der Waals surface area contributed by atoms with Crippen molar-refractivity contribution in [3.63, 3.8) is 0 Å². The van der Waals surface area contributed by atoms with Gasteiger partial charge in [-0.3, -0.25) is 24.9 Å². The normalized spacial score (nSPS) is 18.9. The van der Waals surface area contributed by atoms with Gasteiger partial charge in [-0.2, -0.15) is 0 Å². The fourth-order valence-corrected chi connectivity index (χ4v) is 4.62. The van der Waals surface area contributed by atoms with Crippen LogP contribution in [0.3, 0.4) is 0 Å². The summed E-state index contributed by atoms with van der Waals surface area (Å²) in [6.07, 6.45) is 4.37. The average Bonchev–Trinajstić information content (AvgIpc) is 3.52. The lowest BCUT2D eigenvalue weighted by Gasteiger charge is -2.29. The van der Waals surface area contributed by atoms with E-state index in [4.69, 9.17) is 9.15 Å². The average molecular weight is 485 g/mol. The van der Waals surface area contributed by atoms with Crippen molar-refractivity contribution in [2.75, 3.05) is 13.7 Å². The molecule has 1 atom stereocenters. The maximum Gasteiger partial charge on any atom is 0.322 e. The smallest absolute Gasteiger partial charge is 0.322 e. The quantitative estimate of drug-likeness (QED) is 0.365. The molecule has 0 saturated carbocycles. The highest BCUT2D eigenvalue weighted by Gasteiger charge is 2.53. The molecule has 5 heterocycles. The molecule has 0 spiro atoms. The Kier molecular flexibility index (Phi) is 4.68. The number of methoxy groups -OCH3 is 1. The Balaban J connectivity index is 1.38. The van der Waals surface area contributed by atoms with Crippen molar-refractivity contribution in [2.24, 2.45) is 0 Å². The number of amides is 4. The standard InChI is InChI=1S/C25H19N5O6/c1-35-17-3-2-13-11-30(22(32)18(13)7-17)12-25(23(33)28-24(34)29-25)21-6-14-5-19(27-10-20(14)36-21)15-4-16(31)9-26-8-15/h2-10,31H,11-12H2,1H3,(H2,28,29,33,34)/t25-/m0/s1. The summed E-state index contributed by atoms with van der Waals surface area (Å²) in [5.74, 6) is -0.198. The first-order valence-corrected chi connectivity index (χ1v) is 11.0. The van der Waals surface area contributed by atoms with E-state index in [1.54, 1.807) is 36.5 Å². The van der Waals surface area contributed by atoms with E-state index in [1.165, 1.54) is 30.5 Å². The number of hydrogen-bond acceptors (Lipinski definition) is 8. The number of aromatic hydroxyl groups is 1. The van der Waals surface area contributed by atoms with Crippen LogP contribution >= 0.6 is 0 Å². The number of fused-ring (bicyclic) bond motifs is 2. The Bertz CT molecular complexity index is 1580. The first-order valence-electron chi connectivity index (χ1n) is 11.0. The summed E-state index contributed by atoms with van der Waals surface area (Å²) < 4.78 is 11.2. The molecule has 11 heteroatoms. The summed E-state index contributed by atoms with van der Waals surface area (Å²) in [5.41, 5.74) is 1.15. The molecule has 0 radical (unpaired) electrons. The third kappa shape index (κ3) is 3.32. The van der Waals surface area contributed by atoms with E-state index in [0.717, 1.165) is 5.56 Å². The molecule has 3 aromatic heterocycles. The van der Waals surface area contributed by atoms with Gasteiger partial charge in [0.1, 0.15) is 17.3 Å². The second-order valence-corrected chi connectivity index (χ2v) is 8.65. The Morgan fingerprint density at radius 1 is 1.14 bits per heavy atom. The van der Waals surface area contributed by atoms with Gasteiger partial charge >= 0.3 is 6.03 Å². The van der Waals surface area contributed by atoms with Crippen molar-refractivity contribution in [2.45, 2.75) is 12.1 Å². The zero-order valence-electron chi connectivity index (χ0n) is 18.9. The number of hydrogen-bond donors (Lipinski definition) is 3. The van der Waals surface area contributed by atoms with E-state index < -0.39 is 17.5 Å². The summed E-state index contributed by atoms with van der Waals surface area (Å²) in [7, 11) is 1.52. The molecule has 6 rings (SSSR count). The molecule has 1 saturated heterocycles. The Labute approximate surface area is 203 Å². The highest BCUT2D eigenvalue weighted by atomic mass is 16.5. The molecule has 1 fully saturated rings. The highest BCUT2D eigenvalue weighted by Crippen LogP contribution is 2.35. The number of urea groups is 1. The number of nitrogens with zero attached hydrogens (tertiary/aromatic N) is 3. The molecule has 2 aliphatic heterocycles. The number of carbonyl (C=O) groups is 3. The summed E-state index contributed by atoms with van der Waals surface area (Å²) in [6, 6.07) is 9.43. The molecule has 2 aliphatic rings. The number of aromatic nitrogens is 2. The third-order valence-electron chi connectivity index (χ3n) is 6.41. The maximum atomic E-state index is 13.2. The lowest BCUT2D eigenvalue weighted by atomic mass is 9.95. The maximum absolute atomic E-state index is 13.2. The van der Waals surface area contributed by atoms with Crippen LogP contribution in [0.2, 0.25) is 0 Å². The largest absolute Gasteiger partial charge is 0.506 e. The minimum Gasteiger partial charge on any atom is -0.506 e. The van der Waals surface area contributed by atoms with Gasteiger partial charge in [-0.15, -0.1) is 0 Å². The van der Waals surface area contributed by atoms with Crippen molar-refractivity contribution >= 4 is 28.8 Å². The predicted octanol–water partition coefficient (Wildman–Crippen LogP) is 2.29. The number of nitrogens with one attached hydrogen (secondary N) is 2. The fraction of sp³-hybridized carbons (Fsp3) is 0.160. The SMILES string of the molecule is COc1ccc2c(c1)C(=O)N(C[C@@]1(c3cc4cc(-c5cncc(O)c5)ncc4o3)NC(=O)NC1=O)C2. The zero-order chi connectivity index (χ0) is 25.0. The number of rotatable bonds is 5. The predicted molar refractivity (Wildman–Crippen MR) is 125 cm³/mol. The summed E-state index contributed by atoms with van der Waals surface area (Å²) in [4.78, 5) is 48.4. The lowest BCUT2D eigenvalue weighted by Crippen LogP contribution is -2.52. The van der Waals surface area contributed by atoms with Crippen LogP contribution in [0.4, 0.5) is 4.79 Å². The number of benzene rings is 1. The molecule has 0 bridgehead atoms. The van der Waals surface area contributed by atoms with Gasteiger partial charge in [0.2, 0.25) is 0 Å². The van der Waals surface area contributed by atoms with Gasteiger partial charge in [0.05, 0.1) is 31.7 Å². The van der Waals surface area contributed by atoms with Crippen LogP contribution in [0, 0.1) is 0 Å². The molecule has 180 valence electrons. The van der Waals surface area contributed by atoms with Crippen LogP contribution in [0.15, 0.2) is 59.4 Å². The number of pyridine rings is 2. The van der Waals surface area contributed by atoms with E-state index in [1.807, 2.05) is 0 Å². The van der Waals surface area contributed by atoms with Gasteiger partial charge in [-0.05, 0) is 35.9 Å². The molecule has 11 nitrogen and oxygen atoms in total. The van der Waals surface area contributed by atoms with Gasteiger partial charge < -0.3 is 24.5 Å². The van der Waals surface area contributed by atoms with Gasteiger partial charge in [0.25, 0.3) is 11.8 Å². The van der Waals surface area contributed by atoms with Gasteiger partial charge in [-0.1, -0.05) is 6.07 Å². The molecule has 0 aliphatic carbocycles. The van der Waals surface area contributed by atoms with Crippen molar-refractivity contribution < 1.29 is 28.6 Å². The molecule has 1 aromatic carbocycles. The number of furan rings is 1. The van der Waals surface area contributed by atoms with Gasteiger partial charge in [0.15, 0.2) is 11.1 Å². The van der Waals surface area contributed by atoms with Crippen LogP contribution in [-0.4, -0.2) is 51.5 Å². The monoisotopic (exact) mass is 485 g/mol. The zero-order valence-corrected chi connectivity index (χ0v) is 18.9. The van der Waals surface area contributed by atoms with E-state index in [2.05, 4.69) is 20.6 Å². The molecule has 4 amide bonds. The van der Waals surface area contributed by atoms with Crippen molar-refractivity contribution in [3.8, 4) is 22.8 Å². The van der Waals surface area contributed by atoms with Crippen molar-refractivity contribution in [3.05, 3.63) is 71.9 Å². The van der Waals surface area contributed by atoms with E-state index in [-0.39, 0.29) is 30.5 Å². The molecule has 3 N–H and O–H groups in total. The Hall–Kier alpha value is -4.93.